The van der Waals surface area contributed by atoms with Gasteiger partial charge in [-0.05, 0) is 31.4 Å². The zero-order chi connectivity index (χ0) is 14.4. The van der Waals surface area contributed by atoms with Gasteiger partial charge in [0.15, 0.2) is 18.2 Å². The van der Waals surface area contributed by atoms with E-state index in [1.807, 2.05) is 0 Å². The van der Waals surface area contributed by atoms with Crippen LogP contribution in [0.5, 0.6) is 5.75 Å². The monoisotopic (exact) mass is 279 g/mol. The predicted octanol–water partition coefficient (Wildman–Crippen LogP) is 3.35. The molecular weight excluding hydrogens is 257 g/mol. The number of amides is 1. The van der Waals surface area contributed by atoms with E-state index in [4.69, 9.17) is 4.74 Å². The van der Waals surface area contributed by atoms with Crippen molar-refractivity contribution in [3.8, 4) is 5.75 Å². The molecule has 1 saturated carbocycles. The van der Waals surface area contributed by atoms with Crippen LogP contribution in [0.15, 0.2) is 18.2 Å². The maximum Gasteiger partial charge on any atom is 0.258 e. The van der Waals surface area contributed by atoms with E-state index in [-0.39, 0.29) is 24.3 Å². The Kier molecular flexibility index (Phi) is 5.39. The fourth-order valence-corrected chi connectivity index (χ4v) is 2.57. The van der Waals surface area contributed by atoms with Crippen molar-refractivity contribution < 1.29 is 13.9 Å². The van der Waals surface area contributed by atoms with Crippen molar-refractivity contribution in [2.75, 3.05) is 6.61 Å². The fraction of sp³-hybridized carbons (Fsp3) is 0.562. The van der Waals surface area contributed by atoms with Gasteiger partial charge in [0.05, 0.1) is 0 Å². The molecule has 0 aliphatic heterocycles. The third-order valence-corrected chi connectivity index (χ3v) is 3.74. The first kappa shape index (κ1) is 14.8. The van der Waals surface area contributed by atoms with Gasteiger partial charge in [0.1, 0.15) is 0 Å². The van der Waals surface area contributed by atoms with E-state index < -0.39 is 5.82 Å². The van der Waals surface area contributed by atoms with Crippen LogP contribution in [0, 0.1) is 12.7 Å². The van der Waals surface area contributed by atoms with Crippen LogP contribution in [0.2, 0.25) is 0 Å². The molecular formula is C16H22FNO2. The van der Waals surface area contributed by atoms with Gasteiger partial charge in [0.2, 0.25) is 0 Å². The van der Waals surface area contributed by atoms with Crippen LogP contribution in [0.4, 0.5) is 4.39 Å². The number of hydrogen-bond donors (Lipinski definition) is 1. The van der Waals surface area contributed by atoms with E-state index in [9.17, 15) is 9.18 Å². The molecule has 1 amide bonds. The predicted molar refractivity (Wildman–Crippen MR) is 76.3 cm³/mol. The third-order valence-electron chi connectivity index (χ3n) is 3.74. The minimum atomic E-state index is -0.394. The molecule has 1 aliphatic rings. The Balaban J connectivity index is 1.81. The summed E-state index contributed by atoms with van der Waals surface area (Å²) in [5, 5.41) is 2.98. The normalized spacial score (nSPS) is 16.5. The molecule has 1 aliphatic carbocycles. The van der Waals surface area contributed by atoms with Crippen molar-refractivity contribution in [1.82, 2.24) is 5.32 Å². The van der Waals surface area contributed by atoms with E-state index in [2.05, 4.69) is 5.32 Å². The first-order chi connectivity index (χ1) is 9.66. The molecule has 0 bridgehead atoms. The van der Waals surface area contributed by atoms with Crippen LogP contribution >= 0.6 is 0 Å². The number of hydrogen-bond acceptors (Lipinski definition) is 2. The number of rotatable bonds is 4. The summed E-state index contributed by atoms with van der Waals surface area (Å²) in [5.41, 5.74) is 0.520. The lowest BCUT2D eigenvalue weighted by Crippen LogP contribution is -2.37. The fourth-order valence-electron chi connectivity index (χ4n) is 2.57. The van der Waals surface area contributed by atoms with Gasteiger partial charge >= 0.3 is 0 Å². The summed E-state index contributed by atoms with van der Waals surface area (Å²) >= 11 is 0. The number of nitrogens with one attached hydrogen (secondary N) is 1. The third kappa shape index (κ3) is 4.22. The van der Waals surface area contributed by atoms with E-state index in [1.165, 1.54) is 12.8 Å². The second-order valence-electron chi connectivity index (χ2n) is 5.43. The van der Waals surface area contributed by atoms with Gasteiger partial charge in [-0.1, -0.05) is 37.8 Å². The molecule has 3 nitrogen and oxygen atoms in total. The maximum absolute atomic E-state index is 13.7. The summed E-state index contributed by atoms with van der Waals surface area (Å²) in [6, 6.07) is 5.18. The summed E-state index contributed by atoms with van der Waals surface area (Å²) in [4.78, 5) is 11.8. The number of carbonyl (C=O) groups excluding carboxylic acids is 1. The second kappa shape index (κ2) is 7.27. The van der Waals surface area contributed by atoms with Gasteiger partial charge in [-0.3, -0.25) is 4.79 Å². The van der Waals surface area contributed by atoms with Crippen LogP contribution < -0.4 is 10.1 Å². The Morgan fingerprint density at radius 1 is 1.30 bits per heavy atom. The Morgan fingerprint density at radius 2 is 2.00 bits per heavy atom. The number of carbonyl (C=O) groups is 1. The summed E-state index contributed by atoms with van der Waals surface area (Å²) in [6.07, 6.45) is 6.89. The molecule has 0 heterocycles. The van der Waals surface area contributed by atoms with Gasteiger partial charge in [-0.15, -0.1) is 0 Å². The molecule has 1 aromatic carbocycles. The molecule has 0 radical (unpaired) electrons. The van der Waals surface area contributed by atoms with Crippen LogP contribution in [-0.2, 0) is 4.79 Å². The molecule has 1 aromatic rings. The Bertz CT molecular complexity index is 454. The van der Waals surface area contributed by atoms with E-state index in [0.717, 1.165) is 25.7 Å². The number of ether oxygens (including phenoxy) is 1. The van der Waals surface area contributed by atoms with Gasteiger partial charge in [-0.2, -0.15) is 0 Å². The summed E-state index contributed by atoms with van der Waals surface area (Å²) < 4.78 is 19.0. The Labute approximate surface area is 119 Å². The molecule has 0 aromatic heterocycles. The minimum Gasteiger partial charge on any atom is -0.481 e. The van der Waals surface area contributed by atoms with E-state index >= 15 is 0 Å². The molecule has 0 saturated heterocycles. The molecule has 1 N–H and O–H groups in total. The topological polar surface area (TPSA) is 38.3 Å². The average molecular weight is 279 g/mol. The number of halogens is 1. The van der Waals surface area contributed by atoms with Crippen LogP contribution in [-0.4, -0.2) is 18.6 Å². The highest BCUT2D eigenvalue weighted by Gasteiger charge is 2.15. The Morgan fingerprint density at radius 3 is 2.70 bits per heavy atom. The molecule has 2 rings (SSSR count). The smallest absolute Gasteiger partial charge is 0.258 e. The van der Waals surface area contributed by atoms with Gasteiger partial charge in [0, 0.05) is 6.04 Å². The molecule has 0 atom stereocenters. The highest BCUT2D eigenvalue weighted by molar-refractivity contribution is 5.77. The SMILES string of the molecule is Cc1cccc(OCC(=O)NC2CCCCCC2)c1F. The molecule has 0 unspecified atom stereocenters. The van der Waals surface area contributed by atoms with Crippen molar-refractivity contribution in [1.29, 1.82) is 0 Å². The highest BCUT2D eigenvalue weighted by Crippen LogP contribution is 2.20. The van der Waals surface area contributed by atoms with Crippen LogP contribution in [0.3, 0.4) is 0 Å². The summed E-state index contributed by atoms with van der Waals surface area (Å²) in [5.74, 6) is -0.423. The molecule has 110 valence electrons. The summed E-state index contributed by atoms with van der Waals surface area (Å²) in [7, 11) is 0. The van der Waals surface area contributed by atoms with Crippen molar-refractivity contribution in [2.45, 2.75) is 51.5 Å². The van der Waals surface area contributed by atoms with E-state index in [1.54, 1.807) is 25.1 Å². The van der Waals surface area contributed by atoms with Crippen LogP contribution in [0.1, 0.15) is 44.1 Å². The lowest BCUT2D eigenvalue weighted by Gasteiger charge is -2.16. The van der Waals surface area contributed by atoms with Gasteiger partial charge in [-0.25, -0.2) is 4.39 Å². The first-order valence-electron chi connectivity index (χ1n) is 7.34. The summed E-state index contributed by atoms with van der Waals surface area (Å²) in [6.45, 7) is 1.55. The van der Waals surface area contributed by atoms with Crippen LogP contribution in [0.25, 0.3) is 0 Å². The van der Waals surface area contributed by atoms with Gasteiger partial charge in [0.25, 0.3) is 5.91 Å². The first-order valence-corrected chi connectivity index (χ1v) is 7.34. The van der Waals surface area contributed by atoms with Crippen molar-refractivity contribution in [3.05, 3.63) is 29.6 Å². The zero-order valence-electron chi connectivity index (χ0n) is 12.0. The van der Waals surface area contributed by atoms with Crippen molar-refractivity contribution in [3.63, 3.8) is 0 Å². The molecule has 1 fully saturated rings. The molecule has 0 spiro atoms. The number of benzene rings is 1. The number of aryl methyl sites for hydroxylation is 1. The minimum absolute atomic E-state index is 0.128. The average Bonchev–Trinajstić information content (AvgIpc) is 2.69. The maximum atomic E-state index is 13.7. The highest BCUT2D eigenvalue weighted by atomic mass is 19.1. The van der Waals surface area contributed by atoms with Crippen molar-refractivity contribution in [2.24, 2.45) is 0 Å². The standard InChI is InChI=1S/C16H22FNO2/c1-12-7-6-10-14(16(12)17)20-11-15(19)18-13-8-4-2-3-5-9-13/h6-7,10,13H,2-5,8-9,11H2,1H3,(H,18,19). The second-order valence-corrected chi connectivity index (χ2v) is 5.43. The largest absolute Gasteiger partial charge is 0.481 e. The van der Waals surface area contributed by atoms with E-state index in [0.29, 0.717) is 5.56 Å². The van der Waals surface area contributed by atoms with Crippen molar-refractivity contribution >= 4 is 5.91 Å². The van der Waals surface area contributed by atoms with Gasteiger partial charge < -0.3 is 10.1 Å². The lowest BCUT2D eigenvalue weighted by atomic mass is 10.1. The zero-order valence-corrected chi connectivity index (χ0v) is 12.0. The Hall–Kier alpha value is -1.58. The lowest BCUT2D eigenvalue weighted by molar-refractivity contribution is -0.123. The quantitative estimate of drug-likeness (QED) is 0.858. The molecule has 4 heteroatoms. The molecule has 20 heavy (non-hydrogen) atoms.